The number of benzene rings is 1. The Kier molecular flexibility index (Phi) is 7.57. The van der Waals surface area contributed by atoms with E-state index in [1.165, 1.54) is 4.90 Å². The van der Waals surface area contributed by atoms with Gasteiger partial charge in [0.1, 0.15) is 29.0 Å². The number of rotatable bonds is 6. The Balaban J connectivity index is 2.20. The first-order valence-electron chi connectivity index (χ1n) is 10.6. The van der Waals surface area contributed by atoms with Gasteiger partial charge in [-0.1, -0.05) is 12.1 Å². The molecule has 2 rings (SSSR count). The van der Waals surface area contributed by atoms with E-state index in [2.05, 4.69) is 5.32 Å². The van der Waals surface area contributed by atoms with E-state index in [1.54, 1.807) is 20.8 Å². The Morgan fingerprint density at radius 3 is 2.23 bits per heavy atom. The molecule has 0 aliphatic carbocycles. The molecule has 2 amide bonds. The fraction of sp³-hybridized carbons (Fsp3) is 0.609. The van der Waals surface area contributed by atoms with Crippen molar-refractivity contribution in [2.24, 2.45) is 0 Å². The van der Waals surface area contributed by atoms with Crippen LogP contribution in [-0.4, -0.2) is 57.8 Å². The van der Waals surface area contributed by atoms with Crippen molar-refractivity contribution in [2.45, 2.75) is 84.1 Å². The van der Waals surface area contributed by atoms with Gasteiger partial charge in [-0.15, -0.1) is 0 Å². The molecule has 0 bridgehead atoms. The Morgan fingerprint density at radius 1 is 1.10 bits per heavy atom. The number of carbonyl (C=O) groups excluding carboxylic acids is 2. The highest BCUT2D eigenvalue weighted by Gasteiger charge is 2.38. The van der Waals surface area contributed by atoms with Gasteiger partial charge in [0.05, 0.1) is 0 Å². The lowest BCUT2D eigenvalue weighted by Gasteiger charge is -2.28. The van der Waals surface area contributed by atoms with E-state index in [9.17, 15) is 19.5 Å². The number of nitrogens with zero attached hydrogens (tertiary/aromatic N) is 1. The van der Waals surface area contributed by atoms with E-state index >= 15 is 0 Å². The summed E-state index contributed by atoms with van der Waals surface area (Å²) in [6.45, 7) is 11.4. The molecule has 8 nitrogen and oxygen atoms in total. The second-order valence-corrected chi connectivity index (χ2v) is 9.79. The second-order valence-electron chi connectivity index (χ2n) is 9.79. The second kappa shape index (κ2) is 9.58. The molecule has 2 atom stereocenters. The SMILES string of the molecule is CC(C)(C)OC(=O)NC(Cc1ccc(OC(C)(C)C)cc1)C(=O)N1CCCC1C(=O)O. The number of carboxylic acid groups (broad SMARTS) is 1. The molecule has 0 radical (unpaired) electrons. The highest BCUT2D eigenvalue weighted by atomic mass is 16.6. The van der Waals surface area contributed by atoms with Gasteiger partial charge < -0.3 is 24.8 Å². The van der Waals surface area contributed by atoms with Crippen molar-refractivity contribution in [3.63, 3.8) is 0 Å². The molecule has 0 saturated carbocycles. The average Bonchev–Trinajstić information content (AvgIpc) is 3.09. The van der Waals surface area contributed by atoms with Gasteiger partial charge in [0.2, 0.25) is 5.91 Å². The first-order valence-corrected chi connectivity index (χ1v) is 10.6. The number of alkyl carbamates (subject to hydrolysis) is 1. The number of hydrogen-bond donors (Lipinski definition) is 2. The lowest BCUT2D eigenvalue weighted by atomic mass is 10.0. The Bertz CT molecular complexity index is 792. The zero-order chi connectivity index (χ0) is 23.4. The standard InChI is InChI=1S/C23H34N2O6/c1-22(2,3)30-16-11-9-15(10-12-16)14-17(24-21(29)31-23(4,5)6)19(26)25-13-7-8-18(25)20(27)28/h9-12,17-18H,7-8,13-14H2,1-6H3,(H,24,29)(H,27,28). The molecular weight excluding hydrogens is 400 g/mol. The minimum absolute atomic E-state index is 0.205. The average molecular weight is 435 g/mol. The van der Waals surface area contributed by atoms with E-state index < -0.39 is 35.7 Å². The van der Waals surface area contributed by atoms with Crippen LogP contribution in [0.5, 0.6) is 5.75 Å². The molecule has 0 aromatic heterocycles. The van der Waals surface area contributed by atoms with Crippen molar-refractivity contribution in [1.82, 2.24) is 10.2 Å². The number of carboxylic acids is 1. The number of aliphatic carboxylic acids is 1. The van der Waals surface area contributed by atoms with E-state index in [0.29, 0.717) is 25.1 Å². The predicted octanol–water partition coefficient (Wildman–Crippen LogP) is 3.38. The summed E-state index contributed by atoms with van der Waals surface area (Å²) in [6.07, 6.45) is 0.501. The molecule has 2 unspecified atom stereocenters. The van der Waals surface area contributed by atoms with Gasteiger partial charge in [-0.3, -0.25) is 4.79 Å². The van der Waals surface area contributed by atoms with Crippen molar-refractivity contribution in [3.8, 4) is 5.75 Å². The first-order chi connectivity index (χ1) is 14.2. The van der Waals surface area contributed by atoms with Crippen molar-refractivity contribution in [3.05, 3.63) is 29.8 Å². The molecule has 1 aromatic carbocycles. The van der Waals surface area contributed by atoms with Gasteiger partial charge in [0.15, 0.2) is 0 Å². The third kappa shape index (κ3) is 7.77. The maximum Gasteiger partial charge on any atom is 0.408 e. The van der Waals surface area contributed by atoms with Crippen LogP contribution < -0.4 is 10.1 Å². The van der Waals surface area contributed by atoms with Crippen LogP contribution in [0.4, 0.5) is 4.79 Å². The molecule has 1 aromatic rings. The molecular formula is C23H34N2O6. The van der Waals surface area contributed by atoms with Gasteiger partial charge >= 0.3 is 12.1 Å². The van der Waals surface area contributed by atoms with Crippen molar-refractivity contribution in [1.29, 1.82) is 0 Å². The van der Waals surface area contributed by atoms with Gasteiger partial charge in [0.25, 0.3) is 0 Å². The van der Waals surface area contributed by atoms with Crippen LogP contribution in [0.1, 0.15) is 59.9 Å². The van der Waals surface area contributed by atoms with E-state index in [0.717, 1.165) is 5.56 Å². The number of carbonyl (C=O) groups is 3. The maximum atomic E-state index is 13.2. The summed E-state index contributed by atoms with van der Waals surface area (Å²) in [5.74, 6) is -0.763. The van der Waals surface area contributed by atoms with Crippen LogP contribution in [0.2, 0.25) is 0 Å². The van der Waals surface area contributed by atoms with Gasteiger partial charge in [-0.05, 0) is 72.1 Å². The summed E-state index contributed by atoms with van der Waals surface area (Å²) < 4.78 is 11.1. The highest BCUT2D eigenvalue weighted by molar-refractivity contribution is 5.90. The predicted molar refractivity (Wildman–Crippen MR) is 116 cm³/mol. The van der Waals surface area contributed by atoms with Crippen LogP contribution in [0.25, 0.3) is 0 Å². The summed E-state index contributed by atoms with van der Waals surface area (Å²) in [4.78, 5) is 38.4. The third-order valence-electron chi connectivity index (χ3n) is 4.60. The quantitative estimate of drug-likeness (QED) is 0.711. The van der Waals surface area contributed by atoms with E-state index in [-0.39, 0.29) is 12.0 Å². The third-order valence-corrected chi connectivity index (χ3v) is 4.60. The number of ether oxygens (including phenoxy) is 2. The van der Waals surface area contributed by atoms with Crippen molar-refractivity contribution >= 4 is 18.0 Å². The van der Waals surface area contributed by atoms with E-state index in [1.807, 2.05) is 45.0 Å². The van der Waals surface area contributed by atoms with E-state index in [4.69, 9.17) is 9.47 Å². The smallest absolute Gasteiger partial charge is 0.408 e. The van der Waals surface area contributed by atoms with Crippen LogP contribution >= 0.6 is 0 Å². The van der Waals surface area contributed by atoms with Crippen LogP contribution in [-0.2, 0) is 20.7 Å². The number of amides is 2. The maximum absolute atomic E-state index is 13.2. The molecule has 172 valence electrons. The summed E-state index contributed by atoms with van der Waals surface area (Å²) in [5, 5.41) is 12.1. The van der Waals surface area contributed by atoms with Gasteiger partial charge in [0, 0.05) is 13.0 Å². The normalized spacial score (nSPS) is 17.7. The molecule has 31 heavy (non-hydrogen) atoms. The topological polar surface area (TPSA) is 105 Å². The Morgan fingerprint density at radius 2 is 1.71 bits per heavy atom. The van der Waals surface area contributed by atoms with Crippen LogP contribution in [0.3, 0.4) is 0 Å². The number of likely N-dealkylation sites (tertiary alicyclic amines) is 1. The number of nitrogens with one attached hydrogen (secondary N) is 1. The molecule has 1 aliphatic rings. The largest absolute Gasteiger partial charge is 0.488 e. The molecule has 1 fully saturated rings. The summed E-state index contributed by atoms with van der Waals surface area (Å²) in [6, 6.07) is 5.46. The Hall–Kier alpha value is -2.77. The lowest BCUT2D eigenvalue weighted by Crippen LogP contribution is -2.53. The minimum atomic E-state index is -1.04. The molecule has 0 spiro atoms. The van der Waals surface area contributed by atoms with Crippen molar-refractivity contribution in [2.75, 3.05) is 6.54 Å². The lowest BCUT2D eigenvalue weighted by molar-refractivity contribution is -0.149. The Labute approximate surface area is 183 Å². The minimum Gasteiger partial charge on any atom is -0.488 e. The summed E-state index contributed by atoms with van der Waals surface area (Å²) in [7, 11) is 0. The molecule has 1 aliphatic heterocycles. The molecule has 1 saturated heterocycles. The van der Waals surface area contributed by atoms with Gasteiger partial charge in [-0.2, -0.15) is 0 Å². The van der Waals surface area contributed by atoms with Crippen LogP contribution in [0, 0.1) is 0 Å². The zero-order valence-electron chi connectivity index (χ0n) is 19.2. The monoisotopic (exact) mass is 434 g/mol. The molecule has 8 heteroatoms. The van der Waals surface area contributed by atoms with Crippen molar-refractivity contribution < 1.29 is 29.0 Å². The highest BCUT2D eigenvalue weighted by Crippen LogP contribution is 2.22. The number of hydrogen-bond acceptors (Lipinski definition) is 5. The molecule has 2 N–H and O–H groups in total. The first kappa shape index (κ1) is 24.5. The summed E-state index contributed by atoms with van der Waals surface area (Å²) >= 11 is 0. The fourth-order valence-electron chi connectivity index (χ4n) is 3.42. The molecule has 1 heterocycles. The summed E-state index contributed by atoms with van der Waals surface area (Å²) in [5.41, 5.74) is -0.248. The fourth-order valence-corrected chi connectivity index (χ4v) is 3.42. The zero-order valence-corrected chi connectivity index (χ0v) is 19.2. The van der Waals surface area contributed by atoms with Crippen LogP contribution in [0.15, 0.2) is 24.3 Å². The van der Waals surface area contributed by atoms with Gasteiger partial charge in [-0.25, -0.2) is 9.59 Å².